The van der Waals surface area contributed by atoms with E-state index in [2.05, 4.69) is 10.4 Å². The van der Waals surface area contributed by atoms with Crippen LogP contribution in [0.2, 0.25) is 5.02 Å². The highest BCUT2D eigenvalue weighted by atomic mass is 35.5. The van der Waals surface area contributed by atoms with Crippen LogP contribution in [0.3, 0.4) is 0 Å². The third kappa shape index (κ3) is 3.91. The van der Waals surface area contributed by atoms with Crippen LogP contribution in [-0.4, -0.2) is 22.2 Å². The largest absolute Gasteiger partial charge is 0.349 e. The molecule has 3 rings (SSSR count). The Bertz CT molecular complexity index is 892. The molecule has 3 aromatic rings. The van der Waals surface area contributed by atoms with Crippen LogP contribution < -0.4 is 5.32 Å². The minimum Gasteiger partial charge on any atom is -0.349 e. The zero-order valence-electron chi connectivity index (χ0n) is 13.8. The lowest BCUT2D eigenvalue weighted by Gasteiger charge is -2.19. The molecule has 0 radical (unpaired) electrons. The van der Waals surface area contributed by atoms with Crippen LogP contribution in [-0.2, 0) is 0 Å². The van der Waals surface area contributed by atoms with Gasteiger partial charge in [0, 0.05) is 12.2 Å². The average Bonchev–Trinajstić information content (AvgIpc) is 3.18. The molecule has 0 aliphatic heterocycles. The van der Waals surface area contributed by atoms with Crippen LogP contribution in [0, 0.1) is 19.7 Å². The van der Waals surface area contributed by atoms with E-state index in [4.69, 9.17) is 11.6 Å². The Kier molecular flexibility index (Phi) is 5.20. The number of carbonyl (C=O) groups is 1. The smallest absolute Gasteiger partial charge is 0.252 e. The Balaban J connectivity index is 1.82. The van der Waals surface area contributed by atoms with Crippen LogP contribution in [0.5, 0.6) is 0 Å². The summed E-state index contributed by atoms with van der Waals surface area (Å²) in [5.41, 5.74) is 3.26. The van der Waals surface area contributed by atoms with Gasteiger partial charge in [-0.15, -0.1) is 0 Å². The number of amides is 1. The number of nitrogens with zero attached hydrogens (tertiary/aromatic N) is 2. The highest BCUT2D eigenvalue weighted by Crippen LogP contribution is 2.23. The fraction of sp³-hybridized carbons (Fsp3) is 0.222. The Hall–Kier alpha value is -2.18. The van der Waals surface area contributed by atoms with Gasteiger partial charge >= 0.3 is 0 Å². The first-order chi connectivity index (χ1) is 12.0. The van der Waals surface area contributed by atoms with Crippen molar-refractivity contribution < 1.29 is 9.18 Å². The summed E-state index contributed by atoms with van der Waals surface area (Å²) < 4.78 is 15.1. The lowest BCUT2D eigenvalue weighted by atomic mass is 10.1. The lowest BCUT2D eigenvalue weighted by molar-refractivity contribution is 0.0949. The van der Waals surface area contributed by atoms with Crippen molar-refractivity contribution in [1.82, 2.24) is 15.1 Å². The van der Waals surface area contributed by atoms with Crippen molar-refractivity contribution in [3.05, 3.63) is 74.4 Å². The molecule has 1 amide bonds. The van der Waals surface area contributed by atoms with Gasteiger partial charge < -0.3 is 5.32 Å². The normalized spacial score (nSPS) is 12.2. The number of thiophene rings is 1. The highest BCUT2D eigenvalue weighted by Gasteiger charge is 2.20. The Labute approximate surface area is 154 Å². The predicted octanol–water partition coefficient (Wildman–Crippen LogP) is 4.37. The predicted molar refractivity (Wildman–Crippen MR) is 97.9 cm³/mol. The number of hydrogen-bond donors (Lipinski definition) is 1. The van der Waals surface area contributed by atoms with Crippen molar-refractivity contribution in [2.75, 3.05) is 6.54 Å². The Morgan fingerprint density at radius 2 is 2.16 bits per heavy atom. The fourth-order valence-corrected chi connectivity index (χ4v) is 3.69. The van der Waals surface area contributed by atoms with Gasteiger partial charge in [0.05, 0.1) is 22.3 Å². The standard InChI is InChI=1S/C18H17ClFN3OS/c1-11-7-12(2)23(22-11)17(13-5-6-25-10-13)9-21-18(24)15-4-3-14(20)8-16(15)19/h3-8,10,17H,9H2,1-2H3,(H,21,24)/t17-/m0/s1. The maximum atomic E-state index is 13.2. The van der Waals surface area contributed by atoms with E-state index in [0.717, 1.165) is 23.0 Å². The van der Waals surface area contributed by atoms with E-state index >= 15 is 0 Å². The zero-order valence-corrected chi connectivity index (χ0v) is 15.4. The first-order valence-electron chi connectivity index (χ1n) is 7.74. The Morgan fingerprint density at radius 3 is 2.76 bits per heavy atom. The van der Waals surface area contributed by atoms with Crippen molar-refractivity contribution >= 4 is 28.8 Å². The second kappa shape index (κ2) is 7.37. The van der Waals surface area contributed by atoms with E-state index in [1.54, 1.807) is 11.3 Å². The van der Waals surface area contributed by atoms with E-state index in [1.165, 1.54) is 12.1 Å². The topological polar surface area (TPSA) is 46.9 Å². The monoisotopic (exact) mass is 377 g/mol. The van der Waals surface area contributed by atoms with Crippen LogP contribution in [0.1, 0.15) is 33.4 Å². The number of carbonyl (C=O) groups excluding carboxylic acids is 1. The lowest BCUT2D eigenvalue weighted by Crippen LogP contribution is -2.32. The molecule has 1 N–H and O–H groups in total. The van der Waals surface area contributed by atoms with Crippen molar-refractivity contribution in [3.8, 4) is 0 Å². The van der Waals surface area contributed by atoms with Crippen LogP contribution >= 0.6 is 22.9 Å². The molecule has 0 aliphatic carbocycles. The molecule has 130 valence electrons. The molecule has 0 fully saturated rings. The quantitative estimate of drug-likeness (QED) is 0.717. The van der Waals surface area contributed by atoms with Gasteiger partial charge in [0.15, 0.2) is 0 Å². The second-order valence-corrected chi connectivity index (χ2v) is 6.97. The average molecular weight is 378 g/mol. The maximum absolute atomic E-state index is 13.2. The molecule has 0 aliphatic rings. The van der Waals surface area contributed by atoms with Gasteiger partial charge in [-0.1, -0.05) is 11.6 Å². The molecular formula is C18H17ClFN3OS. The van der Waals surface area contributed by atoms with Gasteiger partial charge in [0.25, 0.3) is 5.91 Å². The van der Waals surface area contributed by atoms with Gasteiger partial charge in [0.1, 0.15) is 5.82 Å². The van der Waals surface area contributed by atoms with Crippen molar-refractivity contribution in [3.63, 3.8) is 0 Å². The third-order valence-electron chi connectivity index (χ3n) is 3.90. The van der Waals surface area contributed by atoms with E-state index in [9.17, 15) is 9.18 Å². The summed E-state index contributed by atoms with van der Waals surface area (Å²) in [6.07, 6.45) is 0. The summed E-state index contributed by atoms with van der Waals surface area (Å²) in [5, 5.41) is 11.5. The zero-order chi connectivity index (χ0) is 18.0. The first-order valence-corrected chi connectivity index (χ1v) is 9.06. The highest BCUT2D eigenvalue weighted by molar-refractivity contribution is 7.08. The van der Waals surface area contributed by atoms with Gasteiger partial charge in [-0.3, -0.25) is 9.48 Å². The molecule has 25 heavy (non-hydrogen) atoms. The van der Waals surface area contributed by atoms with Gasteiger partial charge in [0.2, 0.25) is 0 Å². The molecule has 0 bridgehead atoms. The molecular weight excluding hydrogens is 361 g/mol. The molecule has 0 unspecified atom stereocenters. The maximum Gasteiger partial charge on any atom is 0.252 e. The molecule has 2 aromatic heterocycles. The van der Waals surface area contributed by atoms with E-state index in [0.29, 0.717) is 6.54 Å². The number of hydrogen-bond acceptors (Lipinski definition) is 3. The van der Waals surface area contributed by atoms with Crippen LogP contribution in [0.25, 0.3) is 0 Å². The van der Waals surface area contributed by atoms with Gasteiger partial charge in [-0.2, -0.15) is 16.4 Å². The van der Waals surface area contributed by atoms with Crippen LogP contribution in [0.4, 0.5) is 4.39 Å². The summed E-state index contributed by atoms with van der Waals surface area (Å²) >= 11 is 7.56. The fourth-order valence-electron chi connectivity index (χ4n) is 2.73. The molecule has 1 aromatic carbocycles. The molecule has 7 heteroatoms. The van der Waals surface area contributed by atoms with E-state index in [1.807, 2.05) is 41.4 Å². The van der Waals surface area contributed by atoms with Gasteiger partial charge in [-0.05, 0) is 60.5 Å². The summed E-state index contributed by atoms with van der Waals surface area (Å²) in [5.74, 6) is -0.813. The molecule has 0 spiro atoms. The summed E-state index contributed by atoms with van der Waals surface area (Å²) in [4.78, 5) is 12.4. The number of rotatable bonds is 5. The summed E-state index contributed by atoms with van der Waals surface area (Å²) in [6.45, 7) is 4.27. The molecule has 1 atom stereocenters. The second-order valence-electron chi connectivity index (χ2n) is 5.78. The van der Waals surface area contributed by atoms with Crippen LogP contribution in [0.15, 0.2) is 41.1 Å². The summed E-state index contributed by atoms with van der Waals surface area (Å²) in [7, 11) is 0. The molecule has 0 saturated heterocycles. The van der Waals surface area contributed by atoms with Crippen molar-refractivity contribution in [2.45, 2.75) is 19.9 Å². The number of aromatic nitrogens is 2. The number of halogens is 2. The van der Waals surface area contributed by atoms with E-state index < -0.39 is 5.82 Å². The number of nitrogens with one attached hydrogen (secondary N) is 1. The number of benzene rings is 1. The van der Waals surface area contributed by atoms with Crippen molar-refractivity contribution in [1.29, 1.82) is 0 Å². The minimum absolute atomic E-state index is 0.0932. The van der Waals surface area contributed by atoms with Crippen molar-refractivity contribution in [2.24, 2.45) is 0 Å². The minimum atomic E-state index is -0.472. The molecule has 0 saturated carbocycles. The summed E-state index contributed by atoms with van der Waals surface area (Å²) in [6, 6.07) is 7.63. The SMILES string of the molecule is Cc1cc(C)n([C@@H](CNC(=O)c2ccc(F)cc2Cl)c2ccsc2)n1. The molecule has 4 nitrogen and oxygen atoms in total. The molecule has 2 heterocycles. The Morgan fingerprint density at radius 1 is 1.36 bits per heavy atom. The van der Waals surface area contributed by atoms with Gasteiger partial charge in [-0.25, -0.2) is 4.39 Å². The third-order valence-corrected chi connectivity index (χ3v) is 4.91. The first kappa shape index (κ1) is 17.6. The van der Waals surface area contributed by atoms with E-state index in [-0.39, 0.29) is 22.5 Å². The number of aryl methyl sites for hydroxylation is 2.